The number of hydrogen-bond donors (Lipinski definition) is 2. The summed E-state index contributed by atoms with van der Waals surface area (Å²) in [6.07, 6.45) is 5.57. The van der Waals surface area contributed by atoms with Crippen LogP contribution in [0.3, 0.4) is 0 Å². The number of aromatic hydroxyl groups is 2. The van der Waals surface area contributed by atoms with E-state index in [4.69, 9.17) is 0 Å². The van der Waals surface area contributed by atoms with Gasteiger partial charge in [-0.05, 0) is 58.1 Å². The van der Waals surface area contributed by atoms with Gasteiger partial charge in [0.1, 0.15) is 11.5 Å². The van der Waals surface area contributed by atoms with Gasteiger partial charge in [0.15, 0.2) is 0 Å². The molecule has 2 heteroatoms. The van der Waals surface area contributed by atoms with Crippen LogP contribution in [-0.2, 0) is 16.2 Å². The fourth-order valence-corrected chi connectivity index (χ4v) is 4.59. The van der Waals surface area contributed by atoms with Gasteiger partial charge in [-0.1, -0.05) is 98.9 Å². The summed E-state index contributed by atoms with van der Waals surface area (Å²) in [6, 6.07) is 12.4. The maximum absolute atomic E-state index is 10.5. The Kier molecular flexibility index (Phi) is 7.32. The fraction of sp³-hybridized carbons (Fsp3) is 0.571. The van der Waals surface area contributed by atoms with E-state index in [1.807, 2.05) is 12.1 Å². The molecule has 0 aliphatic carbocycles. The van der Waals surface area contributed by atoms with E-state index in [-0.39, 0.29) is 16.2 Å². The lowest BCUT2D eigenvalue weighted by Crippen LogP contribution is -2.28. The van der Waals surface area contributed by atoms with Crippen LogP contribution in [0, 0.1) is 0 Å². The van der Waals surface area contributed by atoms with E-state index < -0.39 is 0 Å². The van der Waals surface area contributed by atoms with Crippen molar-refractivity contribution >= 4 is 0 Å². The highest BCUT2D eigenvalue weighted by atomic mass is 16.3. The average molecular weight is 411 g/mol. The highest BCUT2D eigenvalue weighted by Crippen LogP contribution is 2.45. The maximum atomic E-state index is 10.5. The van der Waals surface area contributed by atoms with Crippen LogP contribution in [0.25, 0.3) is 0 Å². The Balaban J connectivity index is 2.75. The molecule has 0 aliphatic rings. The van der Waals surface area contributed by atoms with Crippen LogP contribution in [-0.4, -0.2) is 10.2 Å². The molecule has 2 rings (SSSR count). The van der Waals surface area contributed by atoms with Crippen molar-refractivity contribution in [3.05, 3.63) is 58.7 Å². The van der Waals surface area contributed by atoms with Crippen LogP contribution in [0.5, 0.6) is 11.5 Å². The van der Waals surface area contributed by atoms with Crippen molar-refractivity contribution in [2.45, 2.75) is 104 Å². The summed E-state index contributed by atoms with van der Waals surface area (Å²) in [7, 11) is 0. The predicted octanol–water partition coefficient (Wildman–Crippen LogP) is 7.97. The van der Waals surface area contributed by atoms with Crippen molar-refractivity contribution in [3.63, 3.8) is 0 Å². The van der Waals surface area contributed by atoms with Crippen LogP contribution in [0.2, 0.25) is 0 Å². The molecule has 0 aliphatic heterocycles. The molecular formula is C28H42O2. The predicted molar refractivity (Wildman–Crippen MR) is 129 cm³/mol. The minimum atomic E-state index is -0.142. The number of rotatable bonds is 7. The molecule has 2 aromatic carbocycles. The van der Waals surface area contributed by atoms with Gasteiger partial charge in [0.2, 0.25) is 0 Å². The third kappa shape index (κ3) is 5.02. The van der Waals surface area contributed by atoms with Gasteiger partial charge in [-0.3, -0.25) is 0 Å². The van der Waals surface area contributed by atoms with Crippen LogP contribution in [0.15, 0.2) is 36.4 Å². The molecule has 0 bridgehead atoms. The Morgan fingerprint density at radius 3 is 1.43 bits per heavy atom. The molecule has 0 saturated heterocycles. The van der Waals surface area contributed by atoms with Gasteiger partial charge in [-0.15, -0.1) is 0 Å². The second kappa shape index (κ2) is 9.04. The fourth-order valence-electron chi connectivity index (χ4n) is 4.59. The molecule has 2 aromatic rings. The SMILES string of the molecule is CCCCCC(CC)(c1ccc(O)c(C(C)(C)C)c1)c1ccc(O)c(C(C)(C)C)c1. The van der Waals surface area contributed by atoms with E-state index in [2.05, 4.69) is 79.7 Å². The van der Waals surface area contributed by atoms with Crippen molar-refractivity contribution in [2.75, 3.05) is 0 Å². The Bertz CT molecular complexity index is 786. The van der Waals surface area contributed by atoms with Crippen molar-refractivity contribution in [2.24, 2.45) is 0 Å². The lowest BCUT2D eigenvalue weighted by molar-refractivity contribution is 0.417. The van der Waals surface area contributed by atoms with Gasteiger partial charge in [-0.25, -0.2) is 0 Å². The Labute approximate surface area is 184 Å². The molecule has 0 atom stereocenters. The van der Waals surface area contributed by atoms with Gasteiger partial charge in [0.05, 0.1) is 0 Å². The second-order valence-electron chi connectivity index (χ2n) is 10.9. The first-order chi connectivity index (χ1) is 13.9. The van der Waals surface area contributed by atoms with Crippen LogP contribution >= 0.6 is 0 Å². The third-order valence-corrected chi connectivity index (χ3v) is 6.52. The Hall–Kier alpha value is -1.96. The number of phenolic OH excluding ortho intramolecular Hbond substituents is 2. The van der Waals surface area contributed by atoms with Crippen LogP contribution < -0.4 is 0 Å². The summed E-state index contributed by atoms with van der Waals surface area (Å²) in [5.41, 5.74) is 4.09. The largest absolute Gasteiger partial charge is 0.508 e. The molecular weight excluding hydrogens is 368 g/mol. The molecule has 0 radical (unpaired) electrons. The van der Waals surface area contributed by atoms with Gasteiger partial charge in [0.25, 0.3) is 0 Å². The molecule has 0 unspecified atom stereocenters. The summed E-state index contributed by atoms with van der Waals surface area (Å²) in [6.45, 7) is 17.4. The number of hydrogen-bond acceptors (Lipinski definition) is 2. The summed E-state index contributed by atoms with van der Waals surface area (Å²) < 4.78 is 0. The highest BCUT2D eigenvalue weighted by Gasteiger charge is 2.35. The van der Waals surface area contributed by atoms with Crippen LogP contribution in [0.1, 0.15) is 110 Å². The molecule has 0 heterocycles. The lowest BCUT2D eigenvalue weighted by Gasteiger charge is -2.37. The number of unbranched alkanes of at least 4 members (excludes halogenated alkanes) is 2. The minimum absolute atomic E-state index is 0.130. The number of benzene rings is 2. The van der Waals surface area contributed by atoms with E-state index in [0.717, 1.165) is 30.4 Å². The molecule has 0 amide bonds. The molecule has 2 N–H and O–H groups in total. The second-order valence-corrected chi connectivity index (χ2v) is 10.9. The monoisotopic (exact) mass is 410 g/mol. The smallest absolute Gasteiger partial charge is 0.119 e. The van der Waals surface area contributed by atoms with Crippen LogP contribution in [0.4, 0.5) is 0 Å². The Morgan fingerprint density at radius 2 is 1.10 bits per heavy atom. The molecule has 0 aromatic heterocycles. The van der Waals surface area contributed by atoms with E-state index in [1.165, 1.54) is 24.0 Å². The van der Waals surface area contributed by atoms with Crippen molar-refractivity contribution < 1.29 is 10.2 Å². The van der Waals surface area contributed by atoms with Crippen molar-refractivity contribution in [1.29, 1.82) is 0 Å². The number of phenols is 2. The molecule has 0 saturated carbocycles. The van der Waals surface area contributed by atoms with Gasteiger partial charge < -0.3 is 10.2 Å². The Morgan fingerprint density at radius 1 is 0.667 bits per heavy atom. The quantitative estimate of drug-likeness (QED) is 0.454. The minimum Gasteiger partial charge on any atom is -0.508 e. The third-order valence-electron chi connectivity index (χ3n) is 6.52. The molecule has 0 spiro atoms. The molecule has 0 fully saturated rings. The topological polar surface area (TPSA) is 40.5 Å². The zero-order valence-corrected chi connectivity index (χ0v) is 20.4. The van der Waals surface area contributed by atoms with Gasteiger partial charge in [0, 0.05) is 5.41 Å². The normalized spacial score (nSPS) is 12.9. The molecule has 30 heavy (non-hydrogen) atoms. The van der Waals surface area contributed by atoms with Crippen molar-refractivity contribution in [1.82, 2.24) is 0 Å². The maximum Gasteiger partial charge on any atom is 0.119 e. The van der Waals surface area contributed by atoms with E-state index >= 15 is 0 Å². The van der Waals surface area contributed by atoms with E-state index in [0.29, 0.717) is 11.5 Å². The first-order valence-corrected chi connectivity index (χ1v) is 11.5. The van der Waals surface area contributed by atoms with E-state index in [1.54, 1.807) is 0 Å². The summed E-state index contributed by atoms with van der Waals surface area (Å²) in [5, 5.41) is 21.1. The average Bonchev–Trinajstić information content (AvgIpc) is 2.65. The summed E-state index contributed by atoms with van der Waals surface area (Å²) in [5.74, 6) is 0.733. The summed E-state index contributed by atoms with van der Waals surface area (Å²) >= 11 is 0. The van der Waals surface area contributed by atoms with Gasteiger partial charge >= 0.3 is 0 Å². The standard InChI is InChI=1S/C28H42O2/c1-9-11-12-17-28(10-2,20-13-15-24(29)22(18-20)26(3,4)5)21-14-16-25(30)23(19-21)27(6,7)8/h13-16,18-19,29-30H,9-12,17H2,1-8H3. The molecule has 166 valence electrons. The molecule has 2 nitrogen and oxygen atoms in total. The first-order valence-electron chi connectivity index (χ1n) is 11.5. The van der Waals surface area contributed by atoms with Crippen molar-refractivity contribution in [3.8, 4) is 11.5 Å². The van der Waals surface area contributed by atoms with E-state index in [9.17, 15) is 10.2 Å². The highest BCUT2D eigenvalue weighted by molar-refractivity contribution is 5.50. The lowest BCUT2D eigenvalue weighted by atomic mass is 9.67. The van der Waals surface area contributed by atoms with Gasteiger partial charge in [-0.2, -0.15) is 0 Å². The zero-order valence-electron chi connectivity index (χ0n) is 20.4. The zero-order chi connectivity index (χ0) is 22.7. The first kappa shape index (κ1) is 24.3. The summed E-state index contributed by atoms with van der Waals surface area (Å²) in [4.78, 5) is 0.